The van der Waals surface area contributed by atoms with Crippen LogP contribution in [0.25, 0.3) is 0 Å². The predicted molar refractivity (Wildman–Crippen MR) is 81.6 cm³/mol. The number of benzene rings is 1. The average molecular weight is 282 g/mol. The van der Waals surface area contributed by atoms with Crippen molar-refractivity contribution in [2.45, 2.75) is 33.1 Å². The number of hydrazone groups is 1. The van der Waals surface area contributed by atoms with E-state index in [2.05, 4.69) is 22.7 Å². The van der Waals surface area contributed by atoms with Crippen molar-refractivity contribution in [2.24, 2.45) is 5.10 Å². The lowest BCUT2D eigenvalue weighted by Gasteiger charge is -2.17. The monoisotopic (exact) mass is 282 g/mol. The molecule has 0 fully saturated rings. The summed E-state index contributed by atoms with van der Waals surface area (Å²) in [4.78, 5) is 12.2. The molecule has 0 bridgehead atoms. The number of fused-ring (bicyclic) bond motifs is 1. The summed E-state index contributed by atoms with van der Waals surface area (Å²) in [6, 6.07) is 9.96. The van der Waals surface area contributed by atoms with Gasteiger partial charge in [-0.05, 0) is 44.7 Å². The third-order valence-electron chi connectivity index (χ3n) is 3.77. The second-order valence-corrected chi connectivity index (χ2v) is 5.34. The van der Waals surface area contributed by atoms with E-state index >= 15 is 0 Å². The first-order valence-corrected chi connectivity index (χ1v) is 7.17. The first-order valence-electron chi connectivity index (χ1n) is 7.17. The Kier molecular flexibility index (Phi) is 3.60. The summed E-state index contributed by atoms with van der Waals surface area (Å²) < 4.78 is 5.37. The topological polar surface area (TPSA) is 54.6 Å². The minimum Gasteiger partial charge on any atom is -0.466 e. The lowest BCUT2D eigenvalue weighted by molar-refractivity contribution is 0.0953. The van der Waals surface area contributed by atoms with Crippen LogP contribution in [0.5, 0.6) is 0 Å². The highest BCUT2D eigenvalue weighted by molar-refractivity contribution is 6.04. The van der Waals surface area contributed by atoms with Crippen molar-refractivity contribution in [2.75, 3.05) is 0 Å². The quantitative estimate of drug-likeness (QED) is 0.859. The van der Waals surface area contributed by atoms with Gasteiger partial charge >= 0.3 is 0 Å². The van der Waals surface area contributed by atoms with Crippen LogP contribution in [0.3, 0.4) is 0 Å². The van der Waals surface area contributed by atoms with E-state index in [1.165, 1.54) is 5.56 Å². The Hall–Kier alpha value is -2.36. The fraction of sp³-hybridized carbons (Fsp3) is 0.294. The molecule has 1 amide bonds. The molecule has 108 valence electrons. The SMILES string of the molecule is Cc1cc(C(=O)NN=C2CCCc3ccccc32)c(C)o1. The number of carbonyl (C=O) groups is 1. The molecule has 0 radical (unpaired) electrons. The summed E-state index contributed by atoms with van der Waals surface area (Å²) in [5.74, 6) is 1.13. The molecular formula is C17H18N2O2. The summed E-state index contributed by atoms with van der Waals surface area (Å²) in [5.41, 5.74) is 6.58. The molecule has 0 aliphatic heterocycles. The summed E-state index contributed by atoms with van der Waals surface area (Å²) in [6.45, 7) is 3.61. The van der Waals surface area contributed by atoms with E-state index in [4.69, 9.17) is 4.42 Å². The van der Waals surface area contributed by atoms with E-state index in [9.17, 15) is 4.79 Å². The fourth-order valence-electron chi connectivity index (χ4n) is 2.75. The van der Waals surface area contributed by atoms with Gasteiger partial charge < -0.3 is 4.42 Å². The molecule has 0 spiro atoms. The molecule has 0 atom stereocenters. The number of rotatable bonds is 2. The van der Waals surface area contributed by atoms with Gasteiger partial charge in [-0.25, -0.2) is 5.43 Å². The van der Waals surface area contributed by atoms with E-state index in [1.54, 1.807) is 13.0 Å². The largest absolute Gasteiger partial charge is 0.466 e. The molecule has 21 heavy (non-hydrogen) atoms. The minimum atomic E-state index is -0.222. The van der Waals surface area contributed by atoms with Crippen LogP contribution in [0.2, 0.25) is 0 Å². The van der Waals surface area contributed by atoms with Crippen LogP contribution in [0.1, 0.15) is 45.8 Å². The number of nitrogens with zero attached hydrogens (tertiary/aromatic N) is 1. The highest BCUT2D eigenvalue weighted by Crippen LogP contribution is 2.21. The van der Waals surface area contributed by atoms with Gasteiger partial charge in [0.05, 0.1) is 11.3 Å². The number of hydrogen-bond donors (Lipinski definition) is 1. The summed E-state index contributed by atoms with van der Waals surface area (Å²) >= 11 is 0. The van der Waals surface area contributed by atoms with Crippen LogP contribution < -0.4 is 5.43 Å². The van der Waals surface area contributed by atoms with Gasteiger partial charge in [0.25, 0.3) is 5.91 Å². The van der Waals surface area contributed by atoms with Crippen molar-refractivity contribution in [3.63, 3.8) is 0 Å². The van der Waals surface area contributed by atoms with Crippen LogP contribution in [-0.4, -0.2) is 11.6 Å². The normalized spacial score (nSPS) is 15.8. The van der Waals surface area contributed by atoms with Gasteiger partial charge in [0.15, 0.2) is 0 Å². The molecule has 1 N–H and O–H groups in total. The molecule has 1 aromatic carbocycles. The van der Waals surface area contributed by atoms with E-state index in [-0.39, 0.29) is 5.91 Å². The molecule has 4 heteroatoms. The van der Waals surface area contributed by atoms with Gasteiger partial charge in [0.1, 0.15) is 11.5 Å². The van der Waals surface area contributed by atoms with Gasteiger partial charge in [-0.2, -0.15) is 5.10 Å². The zero-order valence-electron chi connectivity index (χ0n) is 12.3. The zero-order chi connectivity index (χ0) is 14.8. The van der Waals surface area contributed by atoms with Crippen molar-refractivity contribution in [1.29, 1.82) is 0 Å². The number of hydrogen-bond acceptors (Lipinski definition) is 3. The summed E-state index contributed by atoms with van der Waals surface area (Å²) in [5, 5.41) is 4.33. The Balaban J connectivity index is 1.81. The molecule has 1 heterocycles. The minimum absolute atomic E-state index is 0.222. The Morgan fingerprint density at radius 3 is 2.81 bits per heavy atom. The van der Waals surface area contributed by atoms with Crippen molar-refractivity contribution >= 4 is 11.6 Å². The van der Waals surface area contributed by atoms with Crippen LogP contribution in [0.15, 0.2) is 39.9 Å². The third kappa shape index (κ3) is 2.75. The predicted octanol–water partition coefficient (Wildman–Crippen LogP) is 3.37. The van der Waals surface area contributed by atoms with Crippen molar-refractivity contribution < 1.29 is 9.21 Å². The summed E-state index contributed by atoms with van der Waals surface area (Å²) in [6.07, 6.45) is 3.03. The first-order chi connectivity index (χ1) is 10.1. The first kappa shape index (κ1) is 13.6. The van der Waals surface area contributed by atoms with Crippen LogP contribution in [-0.2, 0) is 6.42 Å². The lowest BCUT2D eigenvalue weighted by Crippen LogP contribution is -2.22. The van der Waals surface area contributed by atoms with E-state index in [0.29, 0.717) is 11.3 Å². The average Bonchev–Trinajstić information content (AvgIpc) is 2.83. The number of furan rings is 1. The molecule has 0 saturated carbocycles. The Morgan fingerprint density at radius 1 is 1.24 bits per heavy atom. The van der Waals surface area contributed by atoms with Crippen molar-refractivity contribution in [3.8, 4) is 0 Å². The molecule has 3 rings (SSSR count). The van der Waals surface area contributed by atoms with Crippen LogP contribution >= 0.6 is 0 Å². The third-order valence-corrected chi connectivity index (χ3v) is 3.77. The maximum Gasteiger partial charge on any atom is 0.274 e. The van der Waals surface area contributed by atoms with Gasteiger partial charge in [0.2, 0.25) is 0 Å². The van der Waals surface area contributed by atoms with Crippen molar-refractivity contribution in [1.82, 2.24) is 5.43 Å². The van der Waals surface area contributed by atoms with E-state index in [1.807, 2.05) is 19.1 Å². The number of amides is 1. The number of carbonyl (C=O) groups excluding carboxylic acids is 1. The van der Waals surface area contributed by atoms with Crippen LogP contribution in [0.4, 0.5) is 0 Å². The smallest absolute Gasteiger partial charge is 0.274 e. The van der Waals surface area contributed by atoms with E-state index in [0.717, 1.165) is 36.3 Å². The lowest BCUT2D eigenvalue weighted by atomic mass is 9.90. The Bertz CT molecular complexity index is 713. The van der Waals surface area contributed by atoms with Gasteiger partial charge in [-0.1, -0.05) is 24.3 Å². The number of aryl methyl sites for hydroxylation is 3. The zero-order valence-corrected chi connectivity index (χ0v) is 12.3. The molecule has 1 aliphatic carbocycles. The second-order valence-electron chi connectivity index (χ2n) is 5.34. The highest BCUT2D eigenvalue weighted by Gasteiger charge is 2.16. The molecular weight excluding hydrogens is 264 g/mol. The summed E-state index contributed by atoms with van der Waals surface area (Å²) in [7, 11) is 0. The fourth-order valence-corrected chi connectivity index (χ4v) is 2.75. The number of nitrogens with one attached hydrogen (secondary N) is 1. The molecule has 1 aromatic heterocycles. The Labute approximate surface area is 123 Å². The van der Waals surface area contributed by atoms with Gasteiger partial charge in [0, 0.05) is 5.56 Å². The Morgan fingerprint density at radius 2 is 2.05 bits per heavy atom. The van der Waals surface area contributed by atoms with Crippen LogP contribution in [0, 0.1) is 13.8 Å². The second kappa shape index (κ2) is 5.56. The van der Waals surface area contributed by atoms with E-state index < -0.39 is 0 Å². The highest BCUT2D eigenvalue weighted by atomic mass is 16.3. The molecule has 1 aliphatic rings. The molecule has 2 aromatic rings. The molecule has 0 saturated heterocycles. The standard InChI is InChI=1S/C17H18N2O2/c1-11-10-15(12(2)21-11)17(20)19-18-16-9-5-7-13-6-3-4-8-14(13)16/h3-4,6,8,10H,5,7,9H2,1-2H3,(H,19,20). The maximum absolute atomic E-state index is 12.2. The van der Waals surface area contributed by atoms with Gasteiger partial charge in [-0.3, -0.25) is 4.79 Å². The van der Waals surface area contributed by atoms with Crippen molar-refractivity contribution in [3.05, 3.63) is 58.5 Å². The molecule has 0 unspecified atom stereocenters. The van der Waals surface area contributed by atoms with Gasteiger partial charge in [-0.15, -0.1) is 0 Å². The maximum atomic E-state index is 12.2. The molecule has 4 nitrogen and oxygen atoms in total.